The first kappa shape index (κ1) is 21.8. The molecule has 0 aliphatic rings. The molecule has 2 aromatic heterocycles. The zero-order valence-corrected chi connectivity index (χ0v) is 17.5. The molecule has 0 fully saturated rings. The highest BCUT2D eigenvalue weighted by Crippen LogP contribution is 2.29. The van der Waals surface area contributed by atoms with Crippen molar-refractivity contribution in [3.05, 3.63) is 63.6 Å². The van der Waals surface area contributed by atoms with Crippen LogP contribution >= 0.6 is 0 Å². The van der Waals surface area contributed by atoms with Gasteiger partial charge in [0, 0.05) is 31.3 Å². The van der Waals surface area contributed by atoms with Crippen LogP contribution in [0.4, 0.5) is 11.4 Å². The Morgan fingerprint density at radius 1 is 1.26 bits per heavy atom. The van der Waals surface area contributed by atoms with Gasteiger partial charge in [-0.05, 0) is 38.0 Å². The number of carbonyl (C=O) groups is 2. The summed E-state index contributed by atoms with van der Waals surface area (Å²) >= 11 is 0. The third kappa shape index (κ3) is 4.80. The van der Waals surface area contributed by atoms with Crippen LogP contribution in [-0.2, 0) is 4.79 Å². The van der Waals surface area contributed by atoms with Crippen molar-refractivity contribution in [2.75, 3.05) is 19.0 Å². The Morgan fingerprint density at radius 2 is 2.03 bits per heavy atom. The van der Waals surface area contributed by atoms with Crippen LogP contribution in [0.15, 0.2) is 36.5 Å². The van der Waals surface area contributed by atoms with E-state index in [9.17, 15) is 19.7 Å². The molecule has 0 radical (unpaired) electrons. The lowest BCUT2D eigenvalue weighted by Gasteiger charge is -2.10. The first-order valence-corrected chi connectivity index (χ1v) is 9.66. The van der Waals surface area contributed by atoms with Gasteiger partial charge in [0.25, 0.3) is 11.6 Å². The highest BCUT2D eigenvalue weighted by molar-refractivity contribution is 5.95. The second-order valence-electron chi connectivity index (χ2n) is 6.98. The SMILES string of the molecule is COc1ccc([N+](=O)[O-])cc1NC(=O)CCCNC(=O)c1c(C)nc2c(C)cccn12. The van der Waals surface area contributed by atoms with Gasteiger partial charge in [-0.15, -0.1) is 0 Å². The molecule has 0 atom stereocenters. The number of hydrogen-bond acceptors (Lipinski definition) is 6. The number of nitrogens with one attached hydrogen (secondary N) is 2. The van der Waals surface area contributed by atoms with Crippen molar-refractivity contribution in [2.24, 2.45) is 0 Å². The minimum Gasteiger partial charge on any atom is -0.495 e. The van der Waals surface area contributed by atoms with Gasteiger partial charge in [-0.1, -0.05) is 6.07 Å². The van der Waals surface area contributed by atoms with Crippen LogP contribution < -0.4 is 15.4 Å². The van der Waals surface area contributed by atoms with Crippen molar-refractivity contribution >= 4 is 28.8 Å². The molecule has 10 nitrogen and oxygen atoms in total. The Labute approximate surface area is 178 Å². The number of fused-ring (bicyclic) bond motifs is 1. The molecule has 0 saturated carbocycles. The van der Waals surface area contributed by atoms with E-state index in [0.717, 1.165) is 11.2 Å². The lowest BCUT2D eigenvalue weighted by molar-refractivity contribution is -0.384. The van der Waals surface area contributed by atoms with E-state index in [1.807, 2.05) is 19.1 Å². The number of imidazole rings is 1. The Kier molecular flexibility index (Phi) is 6.49. The van der Waals surface area contributed by atoms with Crippen LogP contribution in [0.1, 0.15) is 34.6 Å². The number of aryl methyl sites for hydroxylation is 2. The largest absolute Gasteiger partial charge is 0.495 e. The van der Waals surface area contributed by atoms with E-state index < -0.39 is 4.92 Å². The number of benzene rings is 1. The summed E-state index contributed by atoms with van der Waals surface area (Å²) in [5, 5.41) is 16.4. The third-order valence-corrected chi connectivity index (χ3v) is 4.77. The number of nitrogens with zero attached hydrogens (tertiary/aromatic N) is 3. The Balaban J connectivity index is 1.56. The molecule has 0 unspecified atom stereocenters. The normalized spacial score (nSPS) is 10.7. The quantitative estimate of drug-likeness (QED) is 0.324. The summed E-state index contributed by atoms with van der Waals surface area (Å²) in [6.45, 7) is 4.00. The van der Waals surface area contributed by atoms with E-state index in [4.69, 9.17) is 4.74 Å². The van der Waals surface area contributed by atoms with Gasteiger partial charge in [-0.3, -0.25) is 24.1 Å². The van der Waals surface area contributed by atoms with Crippen LogP contribution in [-0.4, -0.2) is 39.8 Å². The van der Waals surface area contributed by atoms with Crippen molar-refractivity contribution in [3.8, 4) is 5.75 Å². The summed E-state index contributed by atoms with van der Waals surface area (Å²) in [7, 11) is 1.41. The molecule has 0 spiro atoms. The monoisotopic (exact) mass is 425 g/mol. The van der Waals surface area contributed by atoms with E-state index >= 15 is 0 Å². The molecule has 1 aromatic carbocycles. The van der Waals surface area contributed by atoms with Crippen molar-refractivity contribution in [1.29, 1.82) is 0 Å². The number of rotatable bonds is 8. The Morgan fingerprint density at radius 3 is 2.74 bits per heavy atom. The molecule has 0 saturated heterocycles. The van der Waals surface area contributed by atoms with Crippen molar-refractivity contribution in [3.63, 3.8) is 0 Å². The minimum absolute atomic E-state index is 0.122. The molecular formula is C21H23N5O5. The van der Waals surface area contributed by atoms with Gasteiger partial charge in [0.1, 0.15) is 17.1 Å². The van der Waals surface area contributed by atoms with Crippen LogP contribution in [0, 0.1) is 24.0 Å². The van der Waals surface area contributed by atoms with Gasteiger partial charge in [0.05, 0.1) is 23.4 Å². The Bertz CT molecular complexity index is 1150. The van der Waals surface area contributed by atoms with Crippen molar-refractivity contribution in [2.45, 2.75) is 26.7 Å². The lowest BCUT2D eigenvalue weighted by atomic mass is 10.2. The second kappa shape index (κ2) is 9.24. The number of anilines is 1. The predicted molar refractivity (Wildman–Crippen MR) is 115 cm³/mol. The molecule has 10 heteroatoms. The van der Waals surface area contributed by atoms with E-state index in [1.54, 1.807) is 17.5 Å². The number of nitro groups is 1. The summed E-state index contributed by atoms with van der Waals surface area (Å²) in [6, 6.07) is 7.75. The number of nitro benzene ring substituents is 1. The maximum Gasteiger partial charge on any atom is 0.271 e. The highest BCUT2D eigenvalue weighted by Gasteiger charge is 2.17. The van der Waals surface area contributed by atoms with E-state index in [1.165, 1.54) is 25.3 Å². The number of aromatic nitrogens is 2. The van der Waals surface area contributed by atoms with Gasteiger partial charge in [-0.2, -0.15) is 0 Å². The molecule has 2 heterocycles. The fraction of sp³-hybridized carbons (Fsp3) is 0.286. The van der Waals surface area contributed by atoms with Crippen molar-refractivity contribution < 1.29 is 19.2 Å². The average Bonchev–Trinajstić information content (AvgIpc) is 3.08. The standard InChI is InChI=1S/C21H23N5O5/c1-13-6-5-11-25-19(14(2)23-20(13)25)21(28)22-10-4-7-18(27)24-16-12-15(26(29)30)8-9-17(16)31-3/h5-6,8-9,11-12H,4,7,10H2,1-3H3,(H,22,28)(H,24,27). The highest BCUT2D eigenvalue weighted by atomic mass is 16.6. The van der Waals surface area contributed by atoms with Crippen LogP contribution in [0.25, 0.3) is 5.65 Å². The van der Waals surface area contributed by atoms with Gasteiger partial charge < -0.3 is 15.4 Å². The number of carbonyl (C=O) groups excluding carboxylic acids is 2. The predicted octanol–water partition coefficient (Wildman–Crippen LogP) is 3.02. The smallest absolute Gasteiger partial charge is 0.271 e. The fourth-order valence-corrected chi connectivity index (χ4v) is 3.25. The first-order chi connectivity index (χ1) is 14.8. The van der Waals surface area contributed by atoms with Crippen molar-refractivity contribution in [1.82, 2.24) is 14.7 Å². The molecule has 0 aliphatic carbocycles. The topological polar surface area (TPSA) is 128 Å². The third-order valence-electron chi connectivity index (χ3n) is 4.77. The summed E-state index contributed by atoms with van der Waals surface area (Å²) < 4.78 is 6.88. The molecule has 3 aromatic rings. The van der Waals surface area contributed by atoms with Gasteiger partial charge in [0.2, 0.25) is 5.91 Å². The summed E-state index contributed by atoms with van der Waals surface area (Å²) in [5.41, 5.74) is 2.87. The number of hydrogen-bond donors (Lipinski definition) is 2. The van der Waals surface area contributed by atoms with E-state index in [0.29, 0.717) is 23.6 Å². The number of ether oxygens (including phenoxy) is 1. The zero-order valence-electron chi connectivity index (χ0n) is 17.5. The minimum atomic E-state index is -0.547. The molecule has 31 heavy (non-hydrogen) atoms. The molecular weight excluding hydrogens is 402 g/mol. The molecule has 2 N–H and O–H groups in total. The molecule has 0 aliphatic heterocycles. The first-order valence-electron chi connectivity index (χ1n) is 9.66. The van der Waals surface area contributed by atoms with Crippen LogP contribution in [0.2, 0.25) is 0 Å². The summed E-state index contributed by atoms with van der Waals surface area (Å²) in [4.78, 5) is 39.7. The molecule has 0 bridgehead atoms. The molecule has 3 rings (SSSR count). The maximum absolute atomic E-state index is 12.6. The molecule has 2 amide bonds. The number of methoxy groups -OCH3 is 1. The zero-order chi connectivity index (χ0) is 22.5. The summed E-state index contributed by atoms with van der Waals surface area (Å²) in [6.07, 6.45) is 2.30. The maximum atomic E-state index is 12.6. The number of pyridine rings is 1. The van der Waals surface area contributed by atoms with Crippen LogP contribution in [0.5, 0.6) is 5.75 Å². The molecule has 162 valence electrons. The van der Waals surface area contributed by atoms with E-state index in [2.05, 4.69) is 15.6 Å². The number of amides is 2. The van der Waals surface area contributed by atoms with Gasteiger partial charge in [-0.25, -0.2) is 4.98 Å². The fourth-order valence-electron chi connectivity index (χ4n) is 3.25. The second-order valence-corrected chi connectivity index (χ2v) is 6.98. The summed E-state index contributed by atoms with van der Waals surface area (Å²) in [5.74, 6) is -0.281. The van der Waals surface area contributed by atoms with Gasteiger partial charge in [0.15, 0.2) is 0 Å². The Hall–Kier alpha value is -3.95. The lowest BCUT2D eigenvalue weighted by Crippen LogP contribution is -2.27. The van der Waals surface area contributed by atoms with Crippen LogP contribution in [0.3, 0.4) is 0 Å². The number of non-ortho nitro benzene ring substituents is 1. The van der Waals surface area contributed by atoms with Gasteiger partial charge >= 0.3 is 0 Å². The average molecular weight is 425 g/mol. The van der Waals surface area contributed by atoms with E-state index in [-0.39, 0.29) is 36.2 Å².